The number of amides is 1. The van der Waals surface area contributed by atoms with Gasteiger partial charge in [0, 0.05) is 6.54 Å². The van der Waals surface area contributed by atoms with E-state index in [1.54, 1.807) is 24.3 Å². The average Bonchev–Trinajstić information content (AvgIpc) is 2.64. The first kappa shape index (κ1) is 17.9. The molecule has 1 aromatic carbocycles. The highest BCUT2D eigenvalue weighted by Crippen LogP contribution is 2.35. The number of carboxylic acid groups (broad SMARTS) is 1. The van der Waals surface area contributed by atoms with Crippen LogP contribution in [0.1, 0.15) is 32.1 Å². The zero-order chi connectivity index (χ0) is 18.7. The summed E-state index contributed by atoms with van der Waals surface area (Å²) in [6.07, 6.45) is 3.64. The van der Waals surface area contributed by atoms with Crippen molar-refractivity contribution >= 4 is 22.8 Å². The Balaban J connectivity index is 1.76. The van der Waals surface area contributed by atoms with Gasteiger partial charge in [-0.2, -0.15) is 0 Å². The Morgan fingerprint density at radius 2 is 1.85 bits per heavy atom. The molecule has 1 saturated carbocycles. The Hall–Kier alpha value is -2.90. The molecule has 1 aliphatic rings. The number of H-pyrrole nitrogens is 1. The van der Waals surface area contributed by atoms with Crippen LogP contribution < -0.4 is 16.6 Å². The largest absolute Gasteiger partial charge is 0.481 e. The lowest BCUT2D eigenvalue weighted by molar-refractivity contribution is -0.151. The van der Waals surface area contributed by atoms with Gasteiger partial charge in [-0.15, -0.1) is 0 Å². The molecule has 138 valence electrons. The number of carbonyl (C=O) groups excluding carboxylic acids is 1. The third-order valence-electron chi connectivity index (χ3n) is 5.08. The minimum Gasteiger partial charge on any atom is -0.481 e. The fourth-order valence-electron chi connectivity index (χ4n) is 3.50. The molecule has 0 bridgehead atoms. The maximum Gasteiger partial charge on any atom is 0.329 e. The predicted molar refractivity (Wildman–Crippen MR) is 95.0 cm³/mol. The van der Waals surface area contributed by atoms with Gasteiger partial charge in [0.1, 0.15) is 6.54 Å². The SMILES string of the molecule is O=C(Cn1c(=O)[nH]c2ccccc2c1=O)NCC1(C(=O)O)CCCCC1. The van der Waals surface area contributed by atoms with E-state index in [1.807, 2.05) is 0 Å². The highest BCUT2D eigenvalue weighted by Gasteiger charge is 2.39. The van der Waals surface area contributed by atoms with Crippen LogP contribution in [0.2, 0.25) is 0 Å². The molecule has 1 heterocycles. The standard InChI is InChI=1S/C18H21N3O5/c22-14(19-11-18(16(24)25)8-4-1-5-9-18)10-21-15(23)12-6-2-3-7-13(12)20-17(21)26/h2-3,6-7H,1,4-5,8-11H2,(H,19,22)(H,20,26)(H,24,25). The molecule has 1 amide bonds. The summed E-state index contributed by atoms with van der Waals surface area (Å²) in [6.45, 7) is -0.448. The normalized spacial score (nSPS) is 16.3. The average molecular weight is 359 g/mol. The molecular weight excluding hydrogens is 338 g/mol. The number of carboxylic acids is 1. The van der Waals surface area contributed by atoms with Crippen molar-refractivity contribution in [2.24, 2.45) is 5.41 Å². The molecule has 0 atom stereocenters. The second kappa shape index (κ2) is 7.15. The molecule has 0 saturated heterocycles. The van der Waals surface area contributed by atoms with Crippen LogP contribution in [0, 0.1) is 5.41 Å². The summed E-state index contributed by atoms with van der Waals surface area (Å²) in [5.74, 6) is -1.47. The minimum atomic E-state index is -0.964. The van der Waals surface area contributed by atoms with Crippen molar-refractivity contribution in [2.45, 2.75) is 38.6 Å². The number of fused-ring (bicyclic) bond motifs is 1. The minimum absolute atomic E-state index is 0.00139. The Morgan fingerprint density at radius 1 is 1.15 bits per heavy atom. The van der Waals surface area contributed by atoms with Crippen molar-refractivity contribution in [3.05, 3.63) is 45.1 Å². The van der Waals surface area contributed by atoms with E-state index in [1.165, 1.54) is 0 Å². The predicted octanol–water partition coefficient (Wildman–Crippen LogP) is 0.841. The van der Waals surface area contributed by atoms with Gasteiger partial charge in [0.15, 0.2) is 0 Å². The summed E-state index contributed by atoms with van der Waals surface area (Å²) in [6, 6.07) is 6.56. The first-order chi connectivity index (χ1) is 12.4. The van der Waals surface area contributed by atoms with Gasteiger partial charge in [0.2, 0.25) is 5.91 Å². The molecule has 0 unspecified atom stereocenters. The molecule has 8 nitrogen and oxygen atoms in total. The third kappa shape index (κ3) is 3.40. The van der Waals surface area contributed by atoms with Gasteiger partial charge < -0.3 is 15.4 Å². The van der Waals surface area contributed by atoms with E-state index in [4.69, 9.17) is 0 Å². The number of hydrogen-bond acceptors (Lipinski definition) is 4. The Morgan fingerprint density at radius 3 is 2.54 bits per heavy atom. The van der Waals surface area contributed by atoms with Crippen LogP contribution in [0.3, 0.4) is 0 Å². The van der Waals surface area contributed by atoms with Crippen LogP contribution in [-0.4, -0.2) is 33.1 Å². The van der Waals surface area contributed by atoms with E-state index in [2.05, 4.69) is 10.3 Å². The number of aromatic nitrogens is 2. The lowest BCUT2D eigenvalue weighted by atomic mass is 9.74. The van der Waals surface area contributed by atoms with E-state index < -0.39 is 35.1 Å². The Labute approximate surface area is 148 Å². The zero-order valence-corrected chi connectivity index (χ0v) is 14.3. The first-order valence-corrected chi connectivity index (χ1v) is 8.65. The topological polar surface area (TPSA) is 121 Å². The van der Waals surface area contributed by atoms with Crippen molar-refractivity contribution in [3.63, 3.8) is 0 Å². The summed E-state index contributed by atoms with van der Waals surface area (Å²) in [5, 5.41) is 12.4. The van der Waals surface area contributed by atoms with Gasteiger partial charge in [-0.25, -0.2) is 4.79 Å². The summed E-state index contributed by atoms with van der Waals surface area (Å²) in [7, 11) is 0. The molecule has 1 fully saturated rings. The van der Waals surface area contributed by atoms with E-state index in [-0.39, 0.29) is 6.54 Å². The van der Waals surface area contributed by atoms with Crippen LogP contribution in [0.25, 0.3) is 10.9 Å². The molecular formula is C18H21N3O5. The molecule has 3 rings (SSSR count). The van der Waals surface area contributed by atoms with E-state index in [9.17, 15) is 24.3 Å². The molecule has 0 spiro atoms. The number of benzene rings is 1. The fourth-order valence-corrected chi connectivity index (χ4v) is 3.50. The smallest absolute Gasteiger partial charge is 0.329 e. The lowest BCUT2D eigenvalue weighted by Crippen LogP contribution is -2.47. The van der Waals surface area contributed by atoms with Gasteiger partial charge in [-0.05, 0) is 25.0 Å². The quantitative estimate of drug-likeness (QED) is 0.730. The van der Waals surface area contributed by atoms with Gasteiger partial charge in [0.05, 0.1) is 16.3 Å². The van der Waals surface area contributed by atoms with E-state index in [0.29, 0.717) is 23.7 Å². The monoisotopic (exact) mass is 359 g/mol. The summed E-state index contributed by atoms with van der Waals surface area (Å²) >= 11 is 0. The van der Waals surface area contributed by atoms with Gasteiger partial charge in [-0.1, -0.05) is 31.4 Å². The molecule has 8 heteroatoms. The highest BCUT2D eigenvalue weighted by atomic mass is 16.4. The molecule has 3 N–H and O–H groups in total. The highest BCUT2D eigenvalue weighted by molar-refractivity contribution is 5.80. The van der Waals surface area contributed by atoms with Crippen molar-refractivity contribution < 1.29 is 14.7 Å². The zero-order valence-electron chi connectivity index (χ0n) is 14.3. The fraction of sp³-hybridized carbons (Fsp3) is 0.444. The van der Waals surface area contributed by atoms with Crippen molar-refractivity contribution in [3.8, 4) is 0 Å². The number of aromatic amines is 1. The third-order valence-corrected chi connectivity index (χ3v) is 5.08. The number of para-hydroxylation sites is 1. The van der Waals surface area contributed by atoms with Crippen molar-refractivity contribution in [2.75, 3.05) is 6.54 Å². The molecule has 2 aromatic rings. The summed E-state index contributed by atoms with van der Waals surface area (Å²) in [5.41, 5.74) is -1.78. The van der Waals surface area contributed by atoms with E-state index in [0.717, 1.165) is 23.8 Å². The van der Waals surface area contributed by atoms with Crippen LogP contribution in [0.4, 0.5) is 0 Å². The maximum atomic E-state index is 12.4. The van der Waals surface area contributed by atoms with Gasteiger partial charge >= 0.3 is 11.7 Å². The number of hydrogen-bond donors (Lipinski definition) is 3. The number of rotatable bonds is 5. The number of nitrogens with one attached hydrogen (secondary N) is 2. The summed E-state index contributed by atoms with van der Waals surface area (Å²) < 4.78 is 0.825. The molecule has 1 aliphatic carbocycles. The molecule has 1 aromatic heterocycles. The molecule has 26 heavy (non-hydrogen) atoms. The Kier molecular flexibility index (Phi) is 4.92. The van der Waals surface area contributed by atoms with Gasteiger partial charge in [-0.3, -0.25) is 19.0 Å². The first-order valence-electron chi connectivity index (χ1n) is 8.65. The molecule has 0 radical (unpaired) electrons. The number of nitrogens with zero attached hydrogens (tertiary/aromatic N) is 1. The Bertz CT molecular complexity index is 953. The van der Waals surface area contributed by atoms with Crippen LogP contribution in [0.15, 0.2) is 33.9 Å². The van der Waals surface area contributed by atoms with Crippen LogP contribution >= 0.6 is 0 Å². The van der Waals surface area contributed by atoms with Crippen LogP contribution in [-0.2, 0) is 16.1 Å². The van der Waals surface area contributed by atoms with E-state index >= 15 is 0 Å². The second-order valence-corrected chi connectivity index (χ2v) is 6.79. The summed E-state index contributed by atoms with van der Waals surface area (Å²) in [4.78, 5) is 51.0. The molecule has 0 aliphatic heterocycles. The lowest BCUT2D eigenvalue weighted by Gasteiger charge is -2.33. The second-order valence-electron chi connectivity index (χ2n) is 6.79. The van der Waals surface area contributed by atoms with Gasteiger partial charge in [0.25, 0.3) is 5.56 Å². The van der Waals surface area contributed by atoms with Crippen molar-refractivity contribution in [1.82, 2.24) is 14.9 Å². The number of aliphatic carboxylic acids is 1. The maximum absolute atomic E-state index is 12.4. The van der Waals surface area contributed by atoms with Crippen LogP contribution in [0.5, 0.6) is 0 Å². The van der Waals surface area contributed by atoms with Crippen molar-refractivity contribution in [1.29, 1.82) is 0 Å². The number of carbonyl (C=O) groups is 2.